The molecule has 1 aliphatic rings. The quantitative estimate of drug-likeness (QED) is 0.203. The zero-order chi connectivity index (χ0) is 25.1. The maximum absolute atomic E-state index is 13.7. The minimum absolute atomic E-state index is 0.211. The summed E-state index contributed by atoms with van der Waals surface area (Å²) in [7, 11) is 0. The van der Waals surface area contributed by atoms with Crippen LogP contribution in [0.1, 0.15) is 16.7 Å². The number of carbonyl (C=O) groups excluding carboxylic acids is 1. The highest BCUT2D eigenvalue weighted by Crippen LogP contribution is 2.37. The molecule has 0 radical (unpaired) electrons. The average Bonchev–Trinajstić information content (AvgIpc) is 3.20. The molecule has 178 valence electrons. The number of nitrogens with zero attached hydrogens (tertiary/aromatic N) is 2. The molecular formula is C29H19Br2ClN2O2. The molecule has 4 aromatic rings. The predicted molar refractivity (Wildman–Crippen MR) is 153 cm³/mol. The summed E-state index contributed by atoms with van der Waals surface area (Å²) in [4.78, 5) is 13.7. The van der Waals surface area contributed by atoms with E-state index in [2.05, 4.69) is 31.9 Å². The van der Waals surface area contributed by atoms with E-state index in [1.807, 2.05) is 103 Å². The van der Waals surface area contributed by atoms with Gasteiger partial charge in [0.15, 0.2) is 0 Å². The average molecular weight is 623 g/mol. The second-order valence-electron chi connectivity index (χ2n) is 8.05. The van der Waals surface area contributed by atoms with E-state index in [1.165, 1.54) is 5.01 Å². The highest BCUT2D eigenvalue weighted by molar-refractivity contribution is 9.11. The molecule has 36 heavy (non-hydrogen) atoms. The predicted octanol–water partition coefficient (Wildman–Crippen LogP) is 8.28. The fourth-order valence-corrected chi connectivity index (χ4v) is 5.46. The van der Waals surface area contributed by atoms with Crippen LogP contribution >= 0.6 is 43.5 Å². The zero-order valence-electron chi connectivity index (χ0n) is 18.9. The number of amides is 1. The van der Waals surface area contributed by atoms with Gasteiger partial charge in [-0.2, -0.15) is 10.1 Å². The van der Waals surface area contributed by atoms with Crippen molar-refractivity contribution in [3.63, 3.8) is 0 Å². The number of benzene rings is 4. The second-order valence-corrected chi connectivity index (χ2v) is 10.3. The molecule has 5 rings (SSSR count). The van der Waals surface area contributed by atoms with Crippen molar-refractivity contribution < 1.29 is 9.53 Å². The summed E-state index contributed by atoms with van der Waals surface area (Å²) in [5.74, 6) is 0.404. The Morgan fingerprint density at radius 2 is 1.61 bits per heavy atom. The first-order valence-corrected chi connectivity index (χ1v) is 13.1. The summed E-state index contributed by atoms with van der Waals surface area (Å²) in [6.45, 7) is 0.320. The Balaban J connectivity index is 1.58. The van der Waals surface area contributed by atoms with Crippen LogP contribution in [-0.2, 0) is 11.4 Å². The molecule has 1 aliphatic heterocycles. The van der Waals surface area contributed by atoms with Crippen molar-refractivity contribution in [3.05, 3.63) is 133 Å². The number of halogens is 3. The number of hydrazone groups is 1. The third kappa shape index (κ3) is 5.31. The molecule has 0 aromatic heterocycles. The topological polar surface area (TPSA) is 41.9 Å². The van der Waals surface area contributed by atoms with E-state index in [0.29, 0.717) is 34.4 Å². The summed E-state index contributed by atoms with van der Waals surface area (Å²) < 4.78 is 7.83. The van der Waals surface area contributed by atoms with Crippen molar-refractivity contribution in [1.82, 2.24) is 0 Å². The van der Waals surface area contributed by atoms with Crippen LogP contribution in [0.25, 0.3) is 6.08 Å². The lowest BCUT2D eigenvalue weighted by Crippen LogP contribution is -2.21. The zero-order valence-corrected chi connectivity index (χ0v) is 22.8. The van der Waals surface area contributed by atoms with Crippen molar-refractivity contribution in [2.45, 2.75) is 6.61 Å². The molecule has 4 nitrogen and oxygen atoms in total. The third-order valence-electron chi connectivity index (χ3n) is 5.54. The summed E-state index contributed by atoms with van der Waals surface area (Å²) in [5, 5.41) is 6.80. The third-order valence-corrected chi connectivity index (χ3v) is 6.82. The van der Waals surface area contributed by atoms with E-state index < -0.39 is 0 Å². The maximum Gasteiger partial charge on any atom is 0.281 e. The molecule has 0 N–H and O–H groups in total. The van der Waals surface area contributed by atoms with Crippen LogP contribution in [0.2, 0.25) is 5.02 Å². The van der Waals surface area contributed by atoms with Crippen LogP contribution in [0.4, 0.5) is 5.69 Å². The monoisotopic (exact) mass is 620 g/mol. The van der Waals surface area contributed by atoms with Crippen LogP contribution in [0.5, 0.6) is 5.75 Å². The Labute approximate surface area is 231 Å². The number of hydrogen-bond acceptors (Lipinski definition) is 3. The molecule has 1 amide bonds. The number of hydrogen-bond donors (Lipinski definition) is 0. The van der Waals surface area contributed by atoms with E-state index in [1.54, 1.807) is 0 Å². The molecule has 7 heteroatoms. The summed E-state index contributed by atoms with van der Waals surface area (Å²) in [6.07, 6.45) is 1.83. The molecule has 1 heterocycles. The normalized spacial score (nSPS) is 14.3. The van der Waals surface area contributed by atoms with Gasteiger partial charge in [0.2, 0.25) is 0 Å². The number of para-hydroxylation sites is 1. The lowest BCUT2D eigenvalue weighted by atomic mass is 10.00. The first-order valence-electron chi connectivity index (χ1n) is 11.1. The van der Waals surface area contributed by atoms with Crippen molar-refractivity contribution in [2.24, 2.45) is 5.10 Å². The minimum Gasteiger partial charge on any atom is -0.487 e. The van der Waals surface area contributed by atoms with Gasteiger partial charge in [0, 0.05) is 20.6 Å². The summed E-state index contributed by atoms with van der Waals surface area (Å²) in [6, 6.07) is 30.5. The Morgan fingerprint density at radius 1 is 0.889 bits per heavy atom. The molecular weight excluding hydrogens is 604 g/mol. The fraction of sp³-hybridized carbons (Fsp3) is 0.0345. The van der Waals surface area contributed by atoms with Crippen LogP contribution in [0, 0.1) is 0 Å². The molecule has 0 atom stereocenters. The van der Waals surface area contributed by atoms with Crippen molar-refractivity contribution in [2.75, 3.05) is 5.01 Å². The second kappa shape index (κ2) is 10.8. The van der Waals surface area contributed by atoms with Gasteiger partial charge in [0.05, 0.1) is 15.7 Å². The molecule has 0 unspecified atom stereocenters. The van der Waals surface area contributed by atoms with Gasteiger partial charge in [0.1, 0.15) is 18.1 Å². The van der Waals surface area contributed by atoms with Gasteiger partial charge >= 0.3 is 0 Å². The van der Waals surface area contributed by atoms with Crippen molar-refractivity contribution >= 4 is 66.8 Å². The Hall–Kier alpha value is -3.19. The molecule has 4 aromatic carbocycles. The summed E-state index contributed by atoms with van der Waals surface area (Å²) >= 11 is 13.3. The standard InChI is InChI=1S/C29H19Br2ClN2O2/c30-22-15-21(28(26(31)17-22)36-18-19-8-7-11-23(32)14-19)16-25-27(20-9-3-1-4-10-20)33-34(29(25)35)24-12-5-2-6-13-24/h1-17H,18H2/b25-16-. The highest BCUT2D eigenvalue weighted by atomic mass is 79.9. The highest BCUT2D eigenvalue weighted by Gasteiger charge is 2.32. The van der Waals surface area contributed by atoms with Crippen molar-refractivity contribution in [1.29, 1.82) is 0 Å². The van der Waals surface area contributed by atoms with E-state index in [-0.39, 0.29) is 5.91 Å². The molecule has 0 bridgehead atoms. The van der Waals surface area contributed by atoms with Gasteiger partial charge in [-0.25, -0.2) is 0 Å². The largest absolute Gasteiger partial charge is 0.487 e. The van der Waals surface area contributed by atoms with Crippen molar-refractivity contribution in [3.8, 4) is 5.75 Å². The lowest BCUT2D eigenvalue weighted by molar-refractivity contribution is -0.114. The molecule has 0 fully saturated rings. The Kier molecular flexibility index (Phi) is 7.37. The number of rotatable bonds is 6. The Morgan fingerprint density at radius 3 is 2.33 bits per heavy atom. The minimum atomic E-state index is -0.211. The SMILES string of the molecule is O=C1/C(=C\c2cc(Br)cc(Br)c2OCc2cccc(Cl)c2)C(c2ccccc2)=NN1c1ccccc1. The number of anilines is 1. The summed E-state index contributed by atoms with van der Waals surface area (Å²) in [5.41, 5.74) is 4.30. The Bertz CT molecular complexity index is 1490. The van der Waals surface area contributed by atoms with Crippen LogP contribution in [0.3, 0.4) is 0 Å². The first-order chi connectivity index (χ1) is 17.5. The molecule has 0 aliphatic carbocycles. The van der Waals surface area contributed by atoms with E-state index in [4.69, 9.17) is 21.4 Å². The van der Waals surface area contributed by atoms with Gasteiger partial charge in [-0.3, -0.25) is 4.79 Å². The van der Waals surface area contributed by atoms with Crippen LogP contribution in [-0.4, -0.2) is 11.6 Å². The van der Waals surface area contributed by atoms with Gasteiger partial charge < -0.3 is 4.74 Å². The smallest absolute Gasteiger partial charge is 0.281 e. The van der Waals surface area contributed by atoms with Gasteiger partial charge in [-0.05, 0) is 64.0 Å². The van der Waals surface area contributed by atoms with Gasteiger partial charge in [-0.15, -0.1) is 0 Å². The van der Waals surface area contributed by atoms with E-state index >= 15 is 0 Å². The first kappa shape index (κ1) is 24.5. The molecule has 0 saturated carbocycles. The van der Waals surface area contributed by atoms with Gasteiger partial charge in [-0.1, -0.05) is 88.2 Å². The van der Waals surface area contributed by atoms with Gasteiger partial charge in [0.25, 0.3) is 5.91 Å². The molecule has 0 spiro atoms. The van der Waals surface area contributed by atoms with Crippen LogP contribution < -0.4 is 9.75 Å². The maximum atomic E-state index is 13.7. The van der Waals surface area contributed by atoms with Crippen LogP contribution in [0.15, 0.2) is 117 Å². The lowest BCUT2D eigenvalue weighted by Gasteiger charge is -2.14. The number of ether oxygens (including phenoxy) is 1. The fourth-order valence-electron chi connectivity index (χ4n) is 3.88. The van der Waals surface area contributed by atoms with E-state index in [9.17, 15) is 4.79 Å². The van der Waals surface area contributed by atoms with E-state index in [0.717, 1.165) is 25.6 Å². The molecule has 0 saturated heterocycles. The number of carbonyl (C=O) groups is 1.